The van der Waals surface area contributed by atoms with Crippen molar-refractivity contribution in [2.75, 3.05) is 0 Å². The van der Waals surface area contributed by atoms with Crippen molar-refractivity contribution in [1.29, 1.82) is 0 Å². The fourth-order valence-electron chi connectivity index (χ4n) is 0.325. The molecule has 0 aliphatic carbocycles. The smallest absolute Gasteiger partial charge is 0.214 e. The van der Waals surface area contributed by atoms with Crippen molar-refractivity contribution in [3.05, 3.63) is 0 Å². The Hall–Kier alpha value is -0.130. The van der Waals surface area contributed by atoms with E-state index in [1.807, 2.05) is 6.92 Å². The Morgan fingerprint density at radius 3 is 2.22 bits per heavy atom. The highest BCUT2D eigenvalue weighted by molar-refractivity contribution is 7.87. The first-order valence-corrected chi connectivity index (χ1v) is 4.21. The van der Waals surface area contributed by atoms with Crippen molar-refractivity contribution in [3.63, 3.8) is 0 Å². The van der Waals surface area contributed by atoms with E-state index in [9.17, 15) is 8.42 Å². The van der Waals surface area contributed by atoms with Gasteiger partial charge in [0.15, 0.2) is 0 Å². The third kappa shape index (κ3) is 5.75. The van der Waals surface area contributed by atoms with Gasteiger partial charge >= 0.3 is 0 Å². The van der Waals surface area contributed by atoms with Crippen LogP contribution in [0.25, 0.3) is 0 Å². The largest absolute Gasteiger partial charge is 0.291 e. The molecule has 0 amide bonds. The number of nitrogens with two attached hydrogens (primary N) is 1. The van der Waals surface area contributed by atoms with Crippen LogP contribution in [-0.4, -0.2) is 14.5 Å². The quantitative estimate of drug-likeness (QED) is 0.595. The molecule has 0 aliphatic heterocycles. The average molecular weight is 151 g/mol. The maximum atomic E-state index is 10.2. The molecule has 0 aromatic heterocycles. The van der Waals surface area contributed by atoms with Crippen LogP contribution in [-0.2, 0) is 10.2 Å². The summed E-state index contributed by atoms with van der Waals surface area (Å²) in [6, 6.07) is -0.194. The lowest BCUT2D eigenvalue weighted by Crippen LogP contribution is -2.30. The minimum Gasteiger partial charge on any atom is -0.214 e. The molecular weight excluding hydrogens is 140 g/mol. The number of rotatable bonds is 3. The minimum absolute atomic E-state index is 0.194. The highest BCUT2D eigenvalue weighted by Gasteiger charge is 2.07. The zero-order valence-electron chi connectivity index (χ0n) is 5.53. The molecule has 1 unspecified atom stereocenters. The highest BCUT2D eigenvalue weighted by atomic mass is 32.2. The van der Waals surface area contributed by atoms with E-state index in [2.05, 4.69) is 9.86 Å². The Bertz CT molecular complexity index is 163. The lowest BCUT2D eigenvalue weighted by molar-refractivity contribution is 0.553. The zero-order chi connectivity index (χ0) is 7.49. The van der Waals surface area contributed by atoms with Crippen molar-refractivity contribution in [1.82, 2.24) is 4.72 Å². The van der Waals surface area contributed by atoms with E-state index in [4.69, 9.17) is 0 Å². The lowest BCUT2D eigenvalue weighted by atomic mass is 10.3. The van der Waals surface area contributed by atoms with Crippen molar-refractivity contribution in [2.24, 2.45) is 5.14 Å². The van der Waals surface area contributed by atoms with Crippen LogP contribution in [0.4, 0.5) is 0 Å². The van der Waals surface area contributed by atoms with Crippen LogP contribution < -0.4 is 9.86 Å². The summed E-state index contributed by atoms with van der Waals surface area (Å²) in [5, 5.41) is 4.62. The summed E-state index contributed by atoms with van der Waals surface area (Å²) in [4.78, 5) is 0. The molecule has 9 heavy (non-hydrogen) atoms. The monoisotopic (exact) mass is 151 g/mol. The van der Waals surface area contributed by atoms with Crippen molar-refractivity contribution in [2.45, 2.75) is 26.3 Å². The van der Waals surface area contributed by atoms with E-state index in [0.717, 1.165) is 0 Å². The average Bonchev–Trinajstić information content (AvgIpc) is 1.62. The van der Waals surface area contributed by atoms with Crippen LogP contribution in [0.5, 0.6) is 0 Å². The maximum Gasteiger partial charge on any atom is 0.291 e. The molecule has 0 aliphatic rings. The van der Waals surface area contributed by atoms with Gasteiger partial charge in [-0.15, -0.1) is 4.72 Å². The van der Waals surface area contributed by atoms with Gasteiger partial charge in [0.05, 0.1) is 0 Å². The fraction of sp³-hybridized carbons (Fsp3) is 1.00. The lowest BCUT2D eigenvalue weighted by Gasteiger charge is -2.03. The van der Waals surface area contributed by atoms with Gasteiger partial charge in [-0.3, -0.25) is 0 Å². The van der Waals surface area contributed by atoms with Crippen LogP contribution in [0.3, 0.4) is 0 Å². The second-order valence-corrected chi connectivity index (χ2v) is 3.12. The summed E-state index contributed by atoms with van der Waals surface area (Å²) >= 11 is 0. The standard InChI is InChI=1S/C4H11N2O2S/c1-3-4(2)6-9(5,7)8/h4H,3H2,1-2H3,(H2,5,7,8). The van der Waals surface area contributed by atoms with E-state index in [1.165, 1.54) is 0 Å². The molecule has 4 nitrogen and oxygen atoms in total. The molecule has 1 atom stereocenters. The first-order chi connectivity index (χ1) is 3.95. The van der Waals surface area contributed by atoms with Crippen molar-refractivity contribution >= 4 is 10.2 Å². The third-order valence-corrected chi connectivity index (χ3v) is 1.57. The summed E-state index contributed by atoms with van der Waals surface area (Å²) < 4.78 is 23.7. The fourth-order valence-corrected chi connectivity index (χ4v) is 0.976. The Morgan fingerprint density at radius 1 is 1.67 bits per heavy atom. The van der Waals surface area contributed by atoms with E-state index >= 15 is 0 Å². The van der Waals surface area contributed by atoms with Gasteiger partial charge in [0.1, 0.15) is 0 Å². The second-order valence-electron chi connectivity index (χ2n) is 1.88. The van der Waals surface area contributed by atoms with Gasteiger partial charge in [-0.2, -0.15) is 8.42 Å². The molecule has 0 heterocycles. The van der Waals surface area contributed by atoms with Crippen LogP contribution in [0.15, 0.2) is 0 Å². The molecule has 1 radical (unpaired) electrons. The molecule has 0 fully saturated rings. The first-order valence-electron chi connectivity index (χ1n) is 2.70. The third-order valence-electron chi connectivity index (χ3n) is 0.918. The Morgan fingerprint density at radius 2 is 2.11 bits per heavy atom. The molecule has 0 rings (SSSR count). The summed E-state index contributed by atoms with van der Waals surface area (Å²) in [7, 11) is -3.61. The molecular formula is C4H11N2O2S. The predicted octanol–water partition coefficient (Wildman–Crippen LogP) is -0.407. The number of hydrogen-bond donors (Lipinski definition) is 1. The van der Waals surface area contributed by atoms with E-state index < -0.39 is 10.2 Å². The minimum atomic E-state index is -3.61. The topological polar surface area (TPSA) is 74.3 Å². The van der Waals surface area contributed by atoms with Gasteiger partial charge in [-0.1, -0.05) is 6.92 Å². The molecule has 0 spiro atoms. The van der Waals surface area contributed by atoms with Gasteiger partial charge < -0.3 is 0 Å². The molecule has 0 aromatic carbocycles. The summed E-state index contributed by atoms with van der Waals surface area (Å²) in [6.07, 6.45) is 0.691. The zero-order valence-corrected chi connectivity index (χ0v) is 6.35. The van der Waals surface area contributed by atoms with E-state index in [1.54, 1.807) is 6.92 Å². The van der Waals surface area contributed by atoms with E-state index in [0.29, 0.717) is 6.42 Å². The molecule has 0 bridgehead atoms. The number of nitrogens with zero attached hydrogens (tertiary/aromatic N) is 1. The van der Waals surface area contributed by atoms with Crippen LogP contribution in [0, 0.1) is 0 Å². The predicted molar refractivity (Wildman–Crippen MR) is 35.0 cm³/mol. The van der Waals surface area contributed by atoms with Crippen molar-refractivity contribution < 1.29 is 8.42 Å². The maximum absolute atomic E-state index is 10.2. The van der Waals surface area contributed by atoms with Gasteiger partial charge in [0.25, 0.3) is 10.2 Å². The first kappa shape index (κ1) is 8.87. The van der Waals surface area contributed by atoms with Crippen molar-refractivity contribution in [3.8, 4) is 0 Å². The summed E-state index contributed by atoms with van der Waals surface area (Å²) in [5.74, 6) is 0. The number of hydrogen-bond acceptors (Lipinski definition) is 2. The highest BCUT2D eigenvalue weighted by Crippen LogP contribution is 1.90. The van der Waals surface area contributed by atoms with Gasteiger partial charge in [-0.25, -0.2) is 5.14 Å². The second kappa shape index (κ2) is 3.14. The van der Waals surface area contributed by atoms with E-state index in [-0.39, 0.29) is 6.04 Å². The van der Waals surface area contributed by atoms with Crippen LogP contribution >= 0.6 is 0 Å². The normalized spacial score (nSPS) is 15.4. The summed E-state index contributed by atoms with van der Waals surface area (Å²) in [5.41, 5.74) is 0. The van der Waals surface area contributed by atoms with Crippen LogP contribution in [0.1, 0.15) is 20.3 Å². The van der Waals surface area contributed by atoms with Gasteiger partial charge in [0, 0.05) is 6.04 Å². The molecule has 55 valence electrons. The SMILES string of the molecule is CCC(C)[N]S(N)(=O)=O. The Kier molecular flexibility index (Phi) is 3.10. The molecule has 5 heteroatoms. The molecule has 0 saturated carbocycles. The molecule has 2 N–H and O–H groups in total. The van der Waals surface area contributed by atoms with Gasteiger partial charge in [-0.05, 0) is 13.3 Å². The summed E-state index contributed by atoms with van der Waals surface area (Å²) in [6.45, 7) is 3.55. The Labute approximate surface area is 55.6 Å². The molecule has 0 saturated heterocycles. The Balaban J connectivity index is 3.75. The van der Waals surface area contributed by atoms with Crippen LogP contribution in [0.2, 0.25) is 0 Å². The molecule has 0 aromatic rings. The van der Waals surface area contributed by atoms with Gasteiger partial charge in [0.2, 0.25) is 0 Å².